The number of nitrogens with zero attached hydrogens (tertiary/aromatic N) is 4. The molecule has 0 saturated heterocycles. The molecule has 116 valence electrons. The number of rotatable bonds is 4. The molecule has 0 aliphatic heterocycles. The maximum absolute atomic E-state index is 12.2. The normalized spacial score (nSPS) is 11.7. The summed E-state index contributed by atoms with van der Waals surface area (Å²) in [5.41, 5.74) is 6.06. The minimum absolute atomic E-state index is 0.180. The number of pyridine rings is 1. The maximum Gasteiger partial charge on any atom is 0.260 e. The third-order valence-corrected chi connectivity index (χ3v) is 3.59. The Hall–Kier alpha value is -3.02. The van der Waals surface area contributed by atoms with Crippen molar-refractivity contribution in [2.75, 3.05) is 0 Å². The summed E-state index contributed by atoms with van der Waals surface area (Å²) in [6.07, 6.45) is 3.38. The zero-order chi connectivity index (χ0) is 16.2. The van der Waals surface area contributed by atoms with Gasteiger partial charge in [-0.3, -0.25) is 9.78 Å². The molecule has 0 unspecified atom stereocenters. The Balaban J connectivity index is 1.73. The first-order chi connectivity index (χ1) is 11.1. The Morgan fingerprint density at radius 1 is 1.22 bits per heavy atom. The fourth-order valence-electron chi connectivity index (χ4n) is 2.38. The van der Waals surface area contributed by atoms with Crippen LogP contribution < -0.4 is 5.43 Å². The fourth-order valence-corrected chi connectivity index (χ4v) is 2.38. The monoisotopic (exact) mass is 307 g/mol. The highest BCUT2D eigenvalue weighted by molar-refractivity contribution is 5.99. The quantitative estimate of drug-likeness (QED) is 0.593. The van der Waals surface area contributed by atoms with Gasteiger partial charge in [0.15, 0.2) is 0 Å². The minimum Gasteiger partial charge on any atom is -0.319 e. The highest BCUT2D eigenvalue weighted by atomic mass is 16.2. The van der Waals surface area contributed by atoms with E-state index >= 15 is 0 Å². The second-order valence-corrected chi connectivity index (χ2v) is 5.20. The Bertz CT molecular complexity index is 867. The summed E-state index contributed by atoms with van der Waals surface area (Å²) in [4.78, 5) is 20.6. The van der Waals surface area contributed by atoms with Gasteiger partial charge in [-0.15, -0.1) is 0 Å². The molecule has 2 aromatic heterocycles. The van der Waals surface area contributed by atoms with Crippen LogP contribution in [0.1, 0.15) is 18.3 Å². The molecule has 0 aliphatic carbocycles. The summed E-state index contributed by atoms with van der Waals surface area (Å²) in [5, 5.41) is 4.14. The number of benzene rings is 1. The van der Waals surface area contributed by atoms with E-state index in [9.17, 15) is 4.79 Å². The van der Waals surface area contributed by atoms with Crippen molar-refractivity contribution in [1.82, 2.24) is 20.0 Å². The van der Waals surface area contributed by atoms with Gasteiger partial charge in [0.2, 0.25) is 0 Å². The molecule has 0 spiro atoms. The van der Waals surface area contributed by atoms with Gasteiger partial charge in [0.05, 0.1) is 16.7 Å². The van der Waals surface area contributed by atoms with Crippen LogP contribution in [0.2, 0.25) is 0 Å². The standard InChI is InChI=1S/C17H17N5O/c1-12(14-7-9-18-10-8-14)20-21-17(23)11-22-13(2)19-15-5-3-4-6-16(15)22/h3-10H,11H2,1-2H3,(H,21,23)/b20-12-. The van der Waals surface area contributed by atoms with Gasteiger partial charge in [-0.25, -0.2) is 10.4 Å². The van der Waals surface area contributed by atoms with Gasteiger partial charge in [-0.05, 0) is 38.1 Å². The summed E-state index contributed by atoms with van der Waals surface area (Å²) in [6, 6.07) is 11.4. The van der Waals surface area contributed by atoms with E-state index in [1.165, 1.54) is 0 Å². The molecule has 0 atom stereocenters. The van der Waals surface area contributed by atoms with Gasteiger partial charge in [0.1, 0.15) is 12.4 Å². The lowest BCUT2D eigenvalue weighted by Crippen LogP contribution is -2.24. The zero-order valence-corrected chi connectivity index (χ0v) is 13.0. The largest absolute Gasteiger partial charge is 0.319 e. The van der Waals surface area contributed by atoms with Crippen molar-refractivity contribution in [3.05, 3.63) is 60.2 Å². The highest BCUT2D eigenvalue weighted by Crippen LogP contribution is 2.14. The van der Waals surface area contributed by atoms with Crippen molar-refractivity contribution >= 4 is 22.7 Å². The van der Waals surface area contributed by atoms with E-state index in [4.69, 9.17) is 0 Å². The second kappa shape index (κ2) is 6.39. The first-order valence-electron chi connectivity index (χ1n) is 7.30. The smallest absolute Gasteiger partial charge is 0.260 e. The predicted octanol–water partition coefficient (Wildman–Crippen LogP) is 2.28. The number of carbonyl (C=O) groups is 1. The highest BCUT2D eigenvalue weighted by Gasteiger charge is 2.10. The SMILES string of the molecule is C/C(=N/NC(=O)Cn1c(C)nc2ccccc21)c1ccncc1. The summed E-state index contributed by atoms with van der Waals surface area (Å²) in [6.45, 7) is 3.91. The van der Waals surface area contributed by atoms with E-state index in [1.54, 1.807) is 12.4 Å². The molecule has 1 aromatic carbocycles. The molecule has 3 aromatic rings. The molecule has 0 fully saturated rings. The zero-order valence-electron chi connectivity index (χ0n) is 13.0. The number of amides is 1. The topological polar surface area (TPSA) is 72.2 Å². The molecule has 0 radical (unpaired) electrons. The molecule has 0 aliphatic rings. The Morgan fingerprint density at radius 2 is 1.96 bits per heavy atom. The number of nitrogens with one attached hydrogen (secondary N) is 1. The number of carbonyl (C=O) groups excluding carboxylic acids is 1. The van der Waals surface area contributed by atoms with E-state index in [1.807, 2.05) is 54.8 Å². The molecule has 1 N–H and O–H groups in total. The average Bonchev–Trinajstić information content (AvgIpc) is 2.89. The van der Waals surface area contributed by atoms with E-state index < -0.39 is 0 Å². The lowest BCUT2D eigenvalue weighted by Gasteiger charge is -2.06. The van der Waals surface area contributed by atoms with Crippen LogP contribution >= 0.6 is 0 Å². The molecular formula is C17H17N5O. The lowest BCUT2D eigenvalue weighted by molar-refractivity contribution is -0.121. The first-order valence-corrected chi connectivity index (χ1v) is 7.30. The number of aryl methyl sites for hydroxylation is 1. The van der Waals surface area contributed by atoms with Gasteiger partial charge < -0.3 is 4.57 Å². The Morgan fingerprint density at radius 3 is 2.74 bits per heavy atom. The van der Waals surface area contributed by atoms with Gasteiger partial charge in [-0.2, -0.15) is 5.10 Å². The molecule has 0 bridgehead atoms. The number of para-hydroxylation sites is 2. The predicted molar refractivity (Wildman–Crippen MR) is 89.1 cm³/mol. The van der Waals surface area contributed by atoms with Crippen molar-refractivity contribution in [1.29, 1.82) is 0 Å². The van der Waals surface area contributed by atoms with Crippen LogP contribution in [-0.2, 0) is 11.3 Å². The van der Waals surface area contributed by atoms with Gasteiger partial charge in [0.25, 0.3) is 5.91 Å². The van der Waals surface area contributed by atoms with Gasteiger partial charge >= 0.3 is 0 Å². The van der Waals surface area contributed by atoms with E-state index in [0.29, 0.717) is 0 Å². The summed E-state index contributed by atoms with van der Waals surface area (Å²) >= 11 is 0. The first kappa shape index (κ1) is 14.9. The number of hydrazone groups is 1. The van der Waals surface area contributed by atoms with Crippen molar-refractivity contribution in [3.8, 4) is 0 Å². The average molecular weight is 307 g/mol. The van der Waals surface area contributed by atoms with Crippen molar-refractivity contribution in [2.45, 2.75) is 20.4 Å². The van der Waals surface area contributed by atoms with Crippen LogP contribution in [0.5, 0.6) is 0 Å². The fraction of sp³-hybridized carbons (Fsp3) is 0.176. The van der Waals surface area contributed by atoms with Crippen LogP contribution in [0.15, 0.2) is 53.9 Å². The number of imidazole rings is 1. The lowest BCUT2D eigenvalue weighted by atomic mass is 10.2. The third kappa shape index (κ3) is 3.26. The third-order valence-electron chi connectivity index (χ3n) is 3.59. The van der Waals surface area contributed by atoms with Crippen molar-refractivity contribution in [2.24, 2.45) is 5.10 Å². The second-order valence-electron chi connectivity index (χ2n) is 5.20. The molecular weight excluding hydrogens is 290 g/mol. The molecule has 3 rings (SSSR count). The van der Waals surface area contributed by atoms with E-state index in [-0.39, 0.29) is 12.5 Å². The van der Waals surface area contributed by atoms with Crippen LogP contribution in [0.3, 0.4) is 0 Å². The number of hydrogen-bond donors (Lipinski definition) is 1. The van der Waals surface area contributed by atoms with Crippen LogP contribution in [-0.4, -0.2) is 26.2 Å². The number of hydrogen-bond acceptors (Lipinski definition) is 4. The maximum atomic E-state index is 12.2. The van der Waals surface area contributed by atoms with E-state index in [2.05, 4.69) is 20.5 Å². The molecule has 1 amide bonds. The van der Waals surface area contributed by atoms with Crippen LogP contribution in [0.25, 0.3) is 11.0 Å². The molecule has 6 heteroatoms. The molecule has 6 nitrogen and oxygen atoms in total. The molecule has 0 saturated carbocycles. The van der Waals surface area contributed by atoms with Crippen LogP contribution in [0, 0.1) is 6.92 Å². The summed E-state index contributed by atoms with van der Waals surface area (Å²) in [5.74, 6) is 0.612. The Kier molecular flexibility index (Phi) is 4.14. The van der Waals surface area contributed by atoms with E-state index in [0.717, 1.165) is 28.1 Å². The van der Waals surface area contributed by atoms with Crippen LogP contribution in [0.4, 0.5) is 0 Å². The molecule has 2 heterocycles. The number of aromatic nitrogens is 3. The number of fused-ring (bicyclic) bond motifs is 1. The Labute approximate surface area is 133 Å². The summed E-state index contributed by atoms with van der Waals surface area (Å²) < 4.78 is 1.88. The van der Waals surface area contributed by atoms with Gasteiger partial charge in [0, 0.05) is 18.0 Å². The van der Waals surface area contributed by atoms with Crippen molar-refractivity contribution in [3.63, 3.8) is 0 Å². The summed E-state index contributed by atoms with van der Waals surface area (Å²) in [7, 11) is 0. The van der Waals surface area contributed by atoms with Gasteiger partial charge in [-0.1, -0.05) is 12.1 Å². The minimum atomic E-state index is -0.190. The van der Waals surface area contributed by atoms with Crippen molar-refractivity contribution < 1.29 is 4.79 Å². The molecule has 23 heavy (non-hydrogen) atoms.